The van der Waals surface area contributed by atoms with Gasteiger partial charge in [0, 0.05) is 12.3 Å². The quantitative estimate of drug-likeness (QED) is 0.216. The van der Waals surface area contributed by atoms with E-state index in [1.54, 1.807) is 13.0 Å². The first kappa shape index (κ1) is 19.8. The van der Waals surface area contributed by atoms with E-state index in [0.717, 1.165) is 0 Å². The van der Waals surface area contributed by atoms with E-state index in [2.05, 4.69) is 18.8 Å². The Hall–Kier alpha value is -2.18. The Morgan fingerprint density at radius 3 is 2.64 bits per heavy atom. The van der Waals surface area contributed by atoms with E-state index >= 15 is 0 Å². The molecule has 0 aliphatic rings. The fourth-order valence-electron chi connectivity index (χ4n) is 1.46. The second-order valence-electron chi connectivity index (χ2n) is 4.34. The van der Waals surface area contributed by atoms with Crippen molar-refractivity contribution < 1.29 is 9.66 Å². The molecule has 7 heteroatoms. The molecule has 0 saturated carbocycles. The van der Waals surface area contributed by atoms with E-state index in [9.17, 15) is 10.1 Å². The number of hydrogen-bond donors (Lipinski definition) is 1. The average molecular weight is 303 g/mol. The molecule has 0 aliphatic carbocycles. The van der Waals surface area contributed by atoms with E-state index in [1.807, 2.05) is 0 Å². The van der Waals surface area contributed by atoms with Crippen molar-refractivity contribution >= 4 is 25.6 Å². The Morgan fingerprint density at radius 2 is 2.14 bits per heavy atom. The van der Waals surface area contributed by atoms with Crippen LogP contribution in [-0.2, 0) is 0 Å². The van der Waals surface area contributed by atoms with Crippen LogP contribution in [0.1, 0.15) is 39.2 Å². The Kier molecular flexibility index (Phi) is 10.3. The van der Waals surface area contributed by atoms with Crippen molar-refractivity contribution in [3.05, 3.63) is 33.9 Å². The van der Waals surface area contributed by atoms with Gasteiger partial charge in [0.25, 0.3) is 0 Å². The summed E-state index contributed by atoms with van der Waals surface area (Å²) in [5, 5.41) is 18.7. The van der Waals surface area contributed by atoms with E-state index in [4.69, 9.17) is 18.0 Å². The smallest absolute Gasteiger partial charge is 0.311 e. The first-order chi connectivity index (χ1) is 10.5. The maximum atomic E-state index is 11.0. The van der Waals surface area contributed by atoms with Gasteiger partial charge in [0.1, 0.15) is 0 Å². The second-order valence-corrected chi connectivity index (χ2v) is 4.34. The van der Waals surface area contributed by atoms with Crippen LogP contribution in [-0.4, -0.2) is 31.4 Å². The Bertz CT molecular complexity index is 519. The minimum atomic E-state index is -0.537. The van der Waals surface area contributed by atoms with Gasteiger partial charge in [-0.1, -0.05) is 32.7 Å². The molecule has 2 radical (unpaired) electrons. The summed E-state index contributed by atoms with van der Waals surface area (Å²) < 4.78 is 5.40. The van der Waals surface area contributed by atoms with Crippen LogP contribution in [0.2, 0.25) is 6.32 Å². The molecule has 0 aliphatic heterocycles. The third-order valence-electron chi connectivity index (χ3n) is 2.30. The molecule has 1 rings (SSSR count). The van der Waals surface area contributed by atoms with Crippen LogP contribution in [0.15, 0.2) is 23.2 Å². The molecule has 1 N–H and O–H groups in total. The molecule has 1 aromatic carbocycles. The largest absolute Gasteiger partial charge is 0.486 e. The van der Waals surface area contributed by atoms with Crippen LogP contribution in [0.4, 0.5) is 5.69 Å². The van der Waals surface area contributed by atoms with Crippen LogP contribution in [0.3, 0.4) is 0 Å². The third kappa shape index (κ3) is 6.52. The number of amidine groups is 1. The van der Waals surface area contributed by atoms with Gasteiger partial charge in [-0.15, -0.1) is 0 Å². The first-order valence-electron chi connectivity index (χ1n) is 7.21. The highest BCUT2D eigenvalue weighted by atomic mass is 16.6. The molecule has 6 nitrogen and oxygen atoms in total. The van der Waals surface area contributed by atoms with Gasteiger partial charge in [0.05, 0.1) is 24.9 Å². The molecular weight excluding hydrogens is 281 g/mol. The molecular formula is C15H22BN3O3. The molecule has 0 amide bonds. The maximum absolute atomic E-state index is 11.0. The molecule has 0 atom stereocenters. The number of hydrogen-bond acceptors (Lipinski definition) is 4. The van der Waals surface area contributed by atoms with Gasteiger partial charge in [-0.25, -0.2) is 4.99 Å². The number of benzene rings is 1. The Morgan fingerprint density at radius 1 is 1.50 bits per heavy atom. The van der Waals surface area contributed by atoms with E-state index < -0.39 is 4.92 Å². The number of ether oxygens (including phenoxy) is 1. The summed E-state index contributed by atoms with van der Waals surface area (Å²) in [6.07, 6.45) is 3.71. The van der Waals surface area contributed by atoms with E-state index in [1.165, 1.54) is 24.8 Å². The minimum absolute atomic E-state index is 0.0663. The number of nitrogens with one attached hydrogen (secondary N) is 1. The second kappa shape index (κ2) is 11.5. The van der Waals surface area contributed by atoms with Crippen molar-refractivity contribution in [3.63, 3.8) is 0 Å². The van der Waals surface area contributed by atoms with Crippen molar-refractivity contribution in [3.8, 4) is 5.75 Å². The maximum Gasteiger partial charge on any atom is 0.311 e. The zero-order valence-corrected chi connectivity index (χ0v) is 13.3. The number of nitro groups is 1. The van der Waals surface area contributed by atoms with E-state index in [-0.39, 0.29) is 23.9 Å². The van der Waals surface area contributed by atoms with Crippen LogP contribution in [0.5, 0.6) is 5.75 Å². The van der Waals surface area contributed by atoms with Crippen LogP contribution in [0.25, 0.3) is 0 Å². The minimum Gasteiger partial charge on any atom is -0.486 e. The summed E-state index contributed by atoms with van der Waals surface area (Å²) in [5.74, 6) is -0.00880. The van der Waals surface area contributed by atoms with Gasteiger partial charge in [0.2, 0.25) is 5.75 Å². The number of nitrogens with zero attached hydrogens (tertiary/aromatic N) is 2. The summed E-state index contributed by atoms with van der Waals surface area (Å²) in [7, 11) is 5.36. The standard InChI is InChI=1S/C12H14BN3O3.C3H8/c1-2-15-12(14)9-5-3-6-10(16(17)18)11(9)19-8-4-7-13;1-3-2/h2-3,5-6,14H,4,7-8H2,1H3;3H2,1-2H3. The van der Waals surface area contributed by atoms with Gasteiger partial charge >= 0.3 is 5.69 Å². The van der Waals surface area contributed by atoms with Gasteiger partial charge in [-0.3, -0.25) is 15.5 Å². The lowest BCUT2D eigenvalue weighted by Gasteiger charge is -2.10. The fraction of sp³-hybridized carbons (Fsp3) is 0.467. The van der Waals surface area contributed by atoms with Gasteiger partial charge in [0.15, 0.2) is 5.84 Å². The number of nitro benzene ring substituents is 1. The fourth-order valence-corrected chi connectivity index (χ4v) is 1.46. The van der Waals surface area contributed by atoms with Gasteiger partial charge in [-0.2, -0.15) is 0 Å². The molecule has 118 valence electrons. The number of para-hydroxylation sites is 1. The van der Waals surface area contributed by atoms with E-state index in [0.29, 0.717) is 18.3 Å². The highest BCUT2D eigenvalue weighted by Gasteiger charge is 2.21. The summed E-state index contributed by atoms with van der Waals surface area (Å²) >= 11 is 0. The number of rotatable bonds is 6. The predicted octanol–water partition coefficient (Wildman–Crippen LogP) is 3.78. The lowest BCUT2D eigenvalue weighted by Crippen LogP contribution is -2.06. The monoisotopic (exact) mass is 303 g/mol. The lowest BCUT2D eigenvalue weighted by molar-refractivity contribution is -0.385. The molecule has 0 saturated heterocycles. The van der Waals surface area contributed by atoms with Crippen LogP contribution < -0.4 is 4.74 Å². The van der Waals surface area contributed by atoms with Crippen LogP contribution >= 0.6 is 0 Å². The van der Waals surface area contributed by atoms with Crippen molar-refractivity contribution in [2.75, 3.05) is 6.61 Å². The zero-order valence-electron chi connectivity index (χ0n) is 13.3. The molecule has 0 fully saturated rings. The summed E-state index contributed by atoms with van der Waals surface area (Å²) in [6.45, 7) is 6.18. The van der Waals surface area contributed by atoms with Crippen molar-refractivity contribution in [2.24, 2.45) is 4.99 Å². The topological polar surface area (TPSA) is 88.6 Å². The van der Waals surface area contributed by atoms with Gasteiger partial charge in [-0.05, 0) is 19.4 Å². The Labute approximate surface area is 132 Å². The highest BCUT2D eigenvalue weighted by molar-refractivity contribution is 6.08. The molecule has 0 heterocycles. The molecule has 0 bridgehead atoms. The van der Waals surface area contributed by atoms with Crippen LogP contribution in [0, 0.1) is 15.5 Å². The normalized spacial score (nSPS) is 9.95. The van der Waals surface area contributed by atoms with Crippen molar-refractivity contribution in [2.45, 2.75) is 39.9 Å². The first-order valence-corrected chi connectivity index (χ1v) is 7.21. The summed E-state index contributed by atoms with van der Waals surface area (Å²) in [5.41, 5.74) is 0.120. The third-order valence-corrected chi connectivity index (χ3v) is 2.30. The highest BCUT2D eigenvalue weighted by Crippen LogP contribution is 2.31. The van der Waals surface area contributed by atoms with Crippen molar-refractivity contribution in [1.82, 2.24) is 0 Å². The summed E-state index contributed by atoms with van der Waals surface area (Å²) in [4.78, 5) is 14.3. The number of aliphatic imine (C=N–C) groups is 1. The summed E-state index contributed by atoms with van der Waals surface area (Å²) in [6, 6.07) is 4.41. The molecule has 1 aromatic rings. The SMILES string of the molecule is CCC.[B]CCCOc1c(C(=N)N=CC)cccc1[N+](=O)[O-]. The molecule has 0 aromatic heterocycles. The average Bonchev–Trinajstić information content (AvgIpc) is 2.48. The van der Waals surface area contributed by atoms with Gasteiger partial charge < -0.3 is 4.74 Å². The lowest BCUT2D eigenvalue weighted by atomic mass is 10.0. The zero-order chi connectivity index (χ0) is 17.0. The molecule has 22 heavy (non-hydrogen) atoms. The van der Waals surface area contributed by atoms with Crippen molar-refractivity contribution in [1.29, 1.82) is 5.41 Å². The predicted molar refractivity (Wildman–Crippen MR) is 90.7 cm³/mol. The Balaban J connectivity index is 0.00000135. The molecule has 0 unspecified atom stereocenters. The molecule has 0 spiro atoms.